The average molecular weight is 239 g/mol. The highest BCUT2D eigenvalue weighted by Crippen LogP contribution is 2.23. The first-order valence-corrected chi connectivity index (χ1v) is 5.86. The van der Waals surface area contributed by atoms with Gasteiger partial charge in [-0.15, -0.1) is 0 Å². The summed E-state index contributed by atoms with van der Waals surface area (Å²) in [5, 5.41) is 22.1. The van der Waals surface area contributed by atoms with Gasteiger partial charge in [0.25, 0.3) is 0 Å². The lowest BCUT2D eigenvalue weighted by atomic mass is 10.2. The van der Waals surface area contributed by atoms with Crippen LogP contribution < -0.4 is 5.32 Å². The maximum absolute atomic E-state index is 10.4. The zero-order valence-corrected chi connectivity index (χ0v) is 9.63. The highest BCUT2D eigenvalue weighted by atomic mass is 32.1. The summed E-state index contributed by atoms with van der Waals surface area (Å²) in [6, 6.07) is 5.39. The Morgan fingerprint density at radius 2 is 2.31 bits per heavy atom. The molecule has 0 radical (unpaired) electrons. The minimum absolute atomic E-state index is 0.182. The van der Waals surface area contributed by atoms with Crippen LogP contribution in [0.3, 0.4) is 0 Å². The van der Waals surface area contributed by atoms with Crippen molar-refractivity contribution in [2.24, 2.45) is 0 Å². The second-order valence-electron chi connectivity index (χ2n) is 3.29. The molecular weight excluding hydrogens is 226 g/mol. The van der Waals surface area contributed by atoms with E-state index in [9.17, 15) is 10.1 Å². The maximum Gasteiger partial charge on any atom is 0.324 e. The quantitative estimate of drug-likeness (QED) is 0.450. The summed E-state index contributed by atoms with van der Waals surface area (Å²) in [5.74, 6) is 0. The average Bonchev–Trinajstić information content (AvgIpc) is 2.72. The molecule has 1 N–H and O–H groups in total. The maximum atomic E-state index is 10.4. The summed E-state index contributed by atoms with van der Waals surface area (Å²) >= 11 is 1.20. The molecule has 1 rings (SSSR count). The Morgan fingerprint density at radius 3 is 2.94 bits per heavy atom. The van der Waals surface area contributed by atoms with Gasteiger partial charge in [-0.3, -0.25) is 10.1 Å². The number of unbranched alkanes of at least 4 members (excludes halogenated alkanes) is 2. The molecule has 0 aliphatic rings. The highest BCUT2D eigenvalue weighted by Gasteiger charge is 2.08. The van der Waals surface area contributed by atoms with Gasteiger partial charge in [0.15, 0.2) is 0 Å². The van der Waals surface area contributed by atoms with Crippen LogP contribution in [0.1, 0.15) is 24.1 Å². The predicted molar refractivity (Wildman–Crippen MR) is 62.1 cm³/mol. The smallest absolute Gasteiger partial charge is 0.312 e. The second kappa shape index (κ2) is 6.93. The molecule has 1 aromatic rings. The third kappa shape index (κ3) is 4.38. The van der Waals surface area contributed by atoms with Gasteiger partial charge in [0.05, 0.1) is 11.0 Å². The van der Waals surface area contributed by atoms with Crippen molar-refractivity contribution in [3.8, 4) is 6.07 Å². The van der Waals surface area contributed by atoms with Crippen molar-refractivity contribution in [3.05, 3.63) is 27.1 Å². The number of hydrogen-bond acceptors (Lipinski definition) is 5. The minimum atomic E-state index is -0.374. The van der Waals surface area contributed by atoms with Gasteiger partial charge in [0.2, 0.25) is 0 Å². The van der Waals surface area contributed by atoms with Gasteiger partial charge in [0.1, 0.15) is 0 Å². The lowest BCUT2D eigenvalue weighted by Gasteiger charge is -2.00. The Bertz CT molecular complexity index is 384. The molecule has 0 bridgehead atoms. The van der Waals surface area contributed by atoms with E-state index in [1.807, 2.05) is 0 Å². The van der Waals surface area contributed by atoms with Crippen LogP contribution in [0.4, 0.5) is 5.00 Å². The second-order valence-corrected chi connectivity index (χ2v) is 4.44. The van der Waals surface area contributed by atoms with Gasteiger partial charge >= 0.3 is 5.00 Å². The molecule has 0 fully saturated rings. The zero-order chi connectivity index (χ0) is 11.8. The van der Waals surface area contributed by atoms with Crippen LogP contribution in [-0.4, -0.2) is 11.5 Å². The Morgan fingerprint density at radius 1 is 1.50 bits per heavy atom. The van der Waals surface area contributed by atoms with E-state index in [2.05, 4.69) is 11.4 Å². The minimum Gasteiger partial charge on any atom is -0.312 e. The van der Waals surface area contributed by atoms with E-state index >= 15 is 0 Å². The van der Waals surface area contributed by atoms with Crippen LogP contribution in [0.2, 0.25) is 0 Å². The summed E-state index contributed by atoms with van der Waals surface area (Å²) < 4.78 is 0. The molecule has 5 nitrogen and oxygen atoms in total. The number of nitrogens with zero attached hydrogens (tertiary/aromatic N) is 2. The molecule has 1 aromatic heterocycles. The van der Waals surface area contributed by atoms with Crippen molar-refractivity contribution in [2.45, 2.75) is 25.8 Å². The van der Waals surface area contributed by atoms with Crippen molar-refractivity contribution in [1.29, 1.82) is 5.26 Å². The molecule has 6 heteroatoms. The Kier molecular flexibility index (Phi) is 5.46. The van der Waals surface area contributed by atoms with Crippen LogP contribution in [0.15, 0.2) is 12.1 Å². The standard InChI is InChI=1S/C10H13N3O2S/c11-6-2-1-3-7-12-8-9-4-5-10(16-9)13(14)15/h4-5,12H,1-3,7-8H2. The molecule has 0 aromatic carbocycles. The lowest BCUT2D eigenvalue weighted by molar-refractivity contribution is -0.380. The van der Waals surface area contributed by atoms with Gasteiger partial charge in [-0.25, -0.2) is 0 Å². The largest absolute Gasteiger partial charge is 0.324 e. The highest BCUT2D eigenvalue weighted by molar-refractivity contribution is 7.15. The van der Waals surface area contributed by atoms with E-state index in [-0.39, 0.29) is 9.92 Å². The van der Waals surface area contributed by atoms with Gasteiger partial charge in [-0.2, -0.15) is 5.26 Å². The first kappa shape index (κ1) is 12.6. The lowest BCUT2D eigenvalue weighted by Crippen LogP contribution is -2.13. The molecule has 0 aliphatic heterocycles. The van der Waals surface area contributed by atoms with Crippen LogP contribution in [-0.2, 0) is 6.54 Å². The van der Waals surface area contributed by atoms with E-state index in [1.165, 1.54) is 17.4 Å². The fourth-order valence-corrected chi connectivity index (χ4v) is 2.01. The first-order valence-electron chi connectivity index (χ1n) is 5.05. The monoisotopic (exact) mass is 239 g/mol. The molecule has 1 heterocycles. The first-order chi connectivity index (χ1) is 7.74. The van der Waals surface area contributed by atoms with Crippen LogP contribution in [0.5, 0.6) is 0 Å². The molecule has 0 atom stereocenters. The number of rotatable bonds is 7. The van der Waals surface area contributed by atoms with Gasteiger partial charge < -0.3 is 5.32 Å². The van der Waals surface area contributed by atoms with Crippen LogP contribution in [0.25, 0.3) is 0 Å². The van der Waals surface area contributed by atoms with Crippen LogP contribution >= 0.6 is 11.3 Å². The van der Waals surface area contributed by atoms with Crippen molar-refractivity contribution in [1.82, 2.24) is 5.32 Å². The van der Waals surface area contributed by atoms with Crippen LogP contribution in [0, 0.1) is 21.4 Å². The Balaban J connectivity index is 2.17. The molecule has 16 heavy (non-hydrogen) atoms. The fraction of sp³-hybridized carbons (Fsp3) is 0.500. The Hall–Kier alpha value is -1.45. The van der Waals surface area contributed by atoms with Crippen molar-refractivity contribution < 1.29 is 4.92 Å². The normalized spacial score (nSPS) is 9.94. The Labute approximate surface area is 97.9 Å². The van der Waals surface area contributed by atoms with E-state index in [4.69, 9.17) is 5.26 Å². The molecule has 0 aliphatic carbocycles. The van der Waals surface area contributed by atoms with Crippen molar-refractivity contribution in [2.75, 3.05) is 6.54 Å². The number of hydrogen-bond donors (Lipinski definition) is 1. The van der Waals surface area contributed by atoms with Crippen molar-refractivity contribution >= 4 is 16.3 Å². The van der Waals surface area contributed by atoms with E-state index < -0.39 is 0 Å². The summed E-state index contributed by atoms with van der Waals surface area (Å²) in [5.41, 5.74) is 0. The number of nitrogens with one attached hydrogen (secondary N) is 1. The third-order valence-electron chi connectivity index (χ3n) is 2.02. The molecule has 0 saturated heterocycles. The predicted octanol–water partition coefficient (Wildman–Crippen LogP) is 2.44. The van der Waals surface area contributed by atoms with E-state index in [0.717, 1.165) is 24.3 Å². The SMILES string of the molecule is N#CCCCCNCc1ccc([N+](=O)[O-])s1. The van der Waals surface area contributed by atoms with E-state index in [1.54, 1.807) is 6.07 Å². The molecule has 0 spiro atoms. The molecular formula is C10H13N3O2S. The molecule has 0 saturated carbocycles. The molecule has 86 valence electrons. The molecule has 0 unspecified atom stereocenters. The fourth-order valence-electron chi connectivity index (χ4n) is 1.23. The number of nitro groups is 1. The summed E-state index contributed by atoms with van der Waals surface area (Å²) in [6.07, 6.45) is 2.45. The topological polar surface area (TPSA) is 79.0 Å². The number of thiophene rings is 1. The summed E-state index contributed by atoms with van der Waals surface area (Å²) in [4.78, 5) is 11.0. The van der Waals surface area contributed by atoms with Gasteiger partial charge in [-0.1, -0.05) is 11.3 Å². The number of nitriles is 1. The summed E-state index contributed by atoms with van der Waals surface area (Å²) in [6.45, 7) is 1.50. The van der Waals surface area contributed by atoms with Gasteiger partial charge in [-0.05, 0) is 25.5 Å². The molecule has 0 amide bonds. The van der Waals surface area contributed by atoms with E-state index in [0.29, 0.717) is 13.0 Å². The summed E-state index contributed by atoms with van der Waals surface area (Å²) in [7, 11) is 0. The van der Waals surface area contributed by atoms with Crippen molar-refractivity contribution in [3.63, 3.8) is 0 Å². The van der Waals surface area contributed by atoms with Gasteiger partial charge in [0, 0.05) is 23.9 Å². The third-order valence-corrected chi connectivity index (χ3v) is 3.06. The zero-order valence-electron chi connectivity index (χ0n) is 8.81.